The summed E-state index contributed by atoms with van der Waals surface area (Å²) in [5.74, 6) is 1.21. The maximum absolute atomic E-state index is 13.7. The number of nitrogen functional groups attached to an aromatic ring is 1. The zero-order valence-electron chi connectivity index (χ0n) is 20.3. The van der Waals surface area contributed by atoms with E-state index < -0.39 is 11.7 Å². The minimum absolute atomic E-state index is 0.169. The Hall–Kier alpha value is -4.41. The summed E-state index contributed by atoms with van der Waals surface area (Å²) in [4.78, 5) is 40.7. The maximum atomic E-state index is 13.7. The highest BCUT2D eigenvalue weighted by atomic mass is 16.6. The van der Waals surface area contributed by atoms with Crippen molar-refractivity contribution in [3.63, 3.8) is 0 Å². The fraction of sp³-hybridized carbons (Fsp3) is 0.320. The van der Waals surface area contributed by atoms with Crippen molar-refractivity contribution in [3.8, 4) is 17.3 Å². The molecule has 1 aliphatic heterocycles. The Morgan fingerprint density at radius 3 is 2.56 bits per heavy atom. The van der Waals surface area contributed by atoms with E-state index in [0.29, 0.717) is 48.0 Å². The van der Waals surface area contributed by atoms with Crippen molar-refractivity contribution in [2.45, 2.75) is 38.8 Å². The topological polar surface area (TPSA) is 130 Å². The molecule has 186 valence electrons. The molecular weight excluding hydrogens is 462 g/mol. The van der Waals surface area contributed by atoms with E-state index in [9.17, 15) is 9.59 Å². The molecule has 36 heavy (non-hydrogen) atoms. The highest BCUT2D eigenvalue weighted by Crippen LogP contribution is 2.28. The Morgan fingerprint density at radius 2 is 1.86 bits per heavy atom. The van der Waals surface area contributed by atoms with E-state index in [2.05, 4.69) is 15.0 Å². The first-order valence-corrected chi connectivity index (χ1v) is 11.6. The second-order valence-corrected chi connectivity index (χ2v) is 9.56. The van der Waals surface area contributed by atoms with E-state index in [4.69, 9.17) is 15.2 Å². The van der Waals surface area contributed by atoms with Gasteiger partial charge in [0, 0.05) is 19.2 Å². The summed E-state index contributed by atoms with van der Waals surface area (Å²) >= 11 is 0. The van der Waals surface area contributed by atoms with Crippen LogP contribution in [-0.4, -0.2) is 53.8 Å². The molecule has 11 heteroatoms. The van der Waals surface area contributed by atoms with E-state index in [1.165, 1.54) is 17.1 Å². The summed E-state index contributed by atoms with van der Waals surface area (Å²) in [6.45, 7) is 6.24. The van der Waals surface area contributed by atoms with Gasteiger partial charge in [0.2, 0.25) is 5.88 Å². The van der Waals surface area contributed by atoms with Gasteiger partial charge in [-0.15, -0.1) is 0 Å². The third-order valence-corrected chi connectivity index (χ3v) is 5.81. The van der Waals surface area contributed by atoms with Crippen molar-refractivity contribution in [3.05, 3.63) is 65.5 Å². The molecule has 0 radical (unpaired) electrons. The SMILES string of the molecule is CC(C)(C)OC(=O)N1CCC(n2c(=O)n(-c3ccc(Oc4ccccc4)nc3)c3c(N)ncnc32)C1. The highest BCUT2D eigenvalue weighted by Gasteiger charge is 2.34. The first kappa shape index (κ1) is 23.3. The summed E-state index contributed by atoms with van der Waals surface area (Å²) < 4.78 is 14.3. The predicted molar refractivity (Wildman–Crippen MR) is 133 cm³/mol. The lowest BCUT2D eigenvalue weighted by molar-refractivity contribution is 0.0289. The van der Waals surface area contributed by atoms with Crippen molar-refractivity contribution in [1.82, 2.24) is 29.0 Å². The molecule has 0 spiro atoms. The molecule has 4 aromatic rings. The minimum Gasteiger partial charge on any atom is -0.444 e. The molecule has 1 amide bonds. The molecule has 1 aliphatic rings. The molecule has 1 unspecified atom stereocenters. The molecule has 3 aromatic heterocycles. The van der Waals surface area contributed by atoms with Crippen LogP contribution in [-0.2, 0) is 4.74 Å². The van der Waals surface area contributed by atoms with Crippen molar-refractivity contribution in [2.75, 3.05) is 18.8 Å². The molecule has 1 fully saturated rings. The zero-order valence-corrected chi connectivity index (χ0v) is 20.3. The molecule has 4 heterocycles. The highest BCUT2D eigenvalue weighted by molar-refractivity contribution is 5.84. The number of ether oxygens (including phenoxy) is 2. The Kier molecular flexibility index (Phi) is 5.83. The van der Waals surface area contributed by atoms with Crippen LogP contribution in [0.4, 0.5) is 10.6 Å². The molecular formula is C25H27N7O4. The van der Waals surface area contributed by atoms with Crippen LogP contribution in [0.15, 0.2) is 59.8 Å². The summed E-state index contributed by atoms with van der Waals surface area (Å²) in [6.07, 6.45) is 3.03. The lowest BCUT2D eigenvalue weighted by Crippen LogP contribution is -2.36. The second-order valence-electron chi connectivity index (χ2n) is 9.56. The van der Waals surface area contributed by atoms with E-state index >= 15 is 0 Å². The Labute approximate surface area is 207 Å². The zero-order chi connectivity index (χ0) is 25.4. The van der Waals surface area contributed by atoms with Crippen LogP contribution < -0.4 is 16.2 Å². The molecule has 0 aliphatic carbocycles. The Balaban J connectivity index is 1.49. The normalized spacial score (nSPS) is 15.9. The number of aromatic nitrogens is 5. The molecule has 1 atom stereocenters. The van der Waals surface area contributed by atoms with Gasteiger partial charge in [0.25, 0.3) is 0 Å². The number of carbonyl (C=O) groups excluding carboxylic acids is 1. The average molecular weight is 490 g/mol. The van der Waals surface area contributed by atoms with Crippen LogP contribution >= 0.6 is 0 Å². The Bertz CT molecular complexity index is 1460. The summed E-state index contributed by atoms with van der Waals surface area (Å²) in [5, 5.41) is 0. The molecule has 5 rings (SSSR count). The van der Waals surface area contributed by atoms with Crippen molar-refractivity contribution >= 4 is 23.1 Å². The van der Waals surface area contributed by atoms with Crippen LogP contribution in [0, 0.1) is 0 Å². The van der Waals surface area contributed by atoms with E-state index in [0.717, 1.165) is 0 Å². The van der Waals surface area contributed by atoms with Crippen LogP contribution in [0.5, 0.6) is 11.6 Å². The monoisotopic (exact) mass is 489 g/mol. The first-order valence-electron chi connectivity index (χ1n) is 11.6. The van der Waals surface area contributed by atoms with Crippen molar-refractivity contribution < 1.29 is 14.3 Å². The van der Waals surface area contributed by atoms with Gasteiger partial charge >= 0.3 is 11.8 Å². The van der Waals surface area contributed by atoms with Crippen molar-refractivity contribution in [1.29, 1.82) is 0 Å². The van der Waals surface area contributed by atoms with Gasteiger partial charge in [0.05, 0.1) is 17.9 Å². The number of amides is 1. The molecule has 0 saturated carbocycles. The number of para-hydroxylation sites is 1. The number of imidazole rings is 1. The smallest absolute Gasteiger partial charge is 0.410 e. The van der Waals surface area contributed by atoms with Gasteiger partial charge < -0.3 is 20.1 Å². The quantitative estimate of drug-likeness (QED) is 0.461. The van der Waals surface area contributed by atoms with Crippen LogP contribution in [0.25, 0.3) is 16.9 Å². The second kappa shape index (κ2) is 8.99. The molecule has 2 N–H and O–H groups in total. The van der Waals surface area contributed by atoms with Gasteiger partial charge in [-0.3, -0.25) is 9.13 Å². The van der Waals surface area contributed by atoms with E-state index in [1.54, 1.807) is 21.6 Å². The van der Waals surface area contributed by atoms with E-state index in [1.807, 2.05) is 51.1 Å². The number of nitrogens with zero attached hydrogens (tertiary/aromatic N) is 6. The van der Waals surface area contributed by atoms with E-state index in [-0.39, 0.29) is 17.5 Å². The average Bonchev–Trinajstić information content (AvgIpc) is 3.42. The van der Waals surface area contributed by atoms with Crippen LogP contribution in [0.3, 0.4) is 0 Å². The summed E-state index contributed by atoms with van der Waals surface area (Å²) in [7, 11) is 0. The van der Waals surface area contributed by atoms with Crippen LogP contribution in [0.1, 0.15) is 33.2 Å². The molecule has 1 saturated heterocycles. The number of nitrogens with two attached hydrogens (primary N) is 1. The first-order chi connectivity index (χ1) is 17.2. The number of pyridine rings is 1. The number of hydrogen-bond acceptors (Lipinski definition) is 8. The lowest BCUT2D eigenvalue weighted by Gasteiger charge is -2.24. The fourth-order valence-electron chi connectivity index (χ4n) is 4.26. The minimum atomic E-state index is -0.604. The summed E-state index contributed by atoms with van der Waals surface area (Å²) in [6, 6.07) is 12.4. The molecule has 0 bridgehead atoms. The number of rotatable bonds is 4. The van der Waals surface area contributed by atoms with Gasteiger partial charge in [-0.1, -0.05) is 18.2 Å². The molecule has 1 aromatic carbocycles. The fourth-order valence-corrected chi connectivity index (χ4v) is 4.26. The van der Waals surface area contributed by atoms with Gasteiger partial charge in [0.1, 0.15) is 23.2 Å². The predicted octanol–water partition coefficient (Wildman–Crippen LogP) is 3.53. The summed E-state index contributed by atoms with van der Waals surface area (Å²) in [5.41, 5.74) is 6.53. The number of anilines is 1. The standard InChI is InChI=1S/C25H27N7O4/c1-25(2,3)36-24(34)30-12-11-17(14-30)32-22-20(21(26)28-15-29-22)31(23(32)33)16-9-10-19(27-13-16)35-18-7-5-4-6-8-18/h4-10,13,15,17H,11-12,14H2,1-3H3,(H2,26,28,29). The largest absolute Gasteiger partial charge is 0.444 e. The number of benzene rings is 1. The van der Waals surface area contributed by atoms with Crippen LogP contribution in [0.2, 0.25) is 0 Å². The van der Waals surface area contributed by atoms with Gasteiger partial charge in [-0.25, -0.2) is 24.5 Å². The number of fused-ring (bicyclic) bond motifs is 1. The number of carbonyl (C=O) groups is 1. The van der Waals surface area contributed by atoms with Crippen molar-refractivity contribution in [2.24, 2.45) is 0 Å². The van der Waals surface area contributed by atoms with Gasteiger partial charge in [-0.05, 0) is 45.4 Å². The lowest BCUT2D eigenvalue weighted by atomic mass is 10.2. The third-order valence-electron chi connectivity index (χ3n) is 5.81. The van der Waals surface area contributed by atoms with Gasteiger partial charge in [0.15, 0.2) is 11.5 Å². The number of hydrogen-bond donors (Lipinski definition) is 1. The molecule has 11 nitrogen and oxygen atoms in total. The van der Waals surface area contributed by atoms with Gasteiger partial charge in [-0.2, -0.15) is 0 Å². The maximum Gasteiger partial charge on any atom is 0.410 e. The number of likely N-dealkylation sites (tertiary alicyclic amines) is 1. The Morgan fingerprint density at radius 1 is 1.08 bits per heavy atom. The third kappa shape index (κ3) is 4.47.